The van der Waals surface area contributed by atoms with Crippen LogP contribution in [-0.4, -0.2) is 9.97 Å². The molecule has 0 aliphatic rings. The van der Waals surface area contributed by atoms with Crippen LogP contribution in [0.25, 0.3) is 11.4 Å². The van der Waals surface area contributed by atoms with Crippen molar-refractivity contribution in [3.63, 3.8) is 0 Å². The van der Waals surface area contributed by atoms with Crippen molar-refractivity contribution in [3.8, 4) is 11.4 Å². The van der Waals surface area contributed by atoms with E-state index in [2.05, 4.69) is 32.8 Å². The summed E-state index contributed by atoms with van der Waals surface area (Å²) in [6, 6.07) is 6.00. The quantitative estimate of drug-likeness (QED) is 0.699. The Bertz CT molecular complexity index is 562. The molecule has 0 saturated heterocycles. The monoisotopic (exact) mass is 330 g/mol. The second-order valence-electron chi connectivity index (χ2n) is 3.74. The topological polar surface area (TPSA) is 25.8 Å². The Labute approximate surface area is 118 Å². The molecule has 0 spiro atoms. The fourth-order valence-corrected chi connectivity index (χ4v) is 1.97. The van der Waals surface area contributed by atoms with Crippen molar-refractivity contribution in [1.82, 2.24) is 9.97 Å². The summed E-state index contributed by atoms with van der Waals surface area (Å²) in [7, 11) is 0. The first-order chi connectivity index (χ1) is 7.99. The van der Waals surface area contributed by atoms with E-state index in [1.165, 1.54) is 11.1 Å². The lowest BCUT2D eigenvalue weighted by Crippen LogP contribution is -1.93. The summed E-state index contributed by atoms with van der Waals surface area (Å²) in [4.78, 5) is 8.40. The number of benzene rings is 1. The molecule has 0 atom stereocenters. The molecule has 0 N–H and O–H groups in total. The van der Waals surface area contributed by atoms with Gasteiger partial charge in [0.2, 0.25) is 0 Å². The Balaban J connectivity index is 2.57. The summed E-state index contributed by atoms with van der Waals surface area (Å²) in [5.74, 6) is 0.534. The first-order valence-electron chi connectivity index (χ1n) is 4.95. The molecular weight excluding hydrogens is 323 g/mol. The van der Waals surface area contributed by atoms with Crippen molar-refractivity contribution in [2.75, 3.05) is 0 Å². The van der Waals surface area contributed by atoms with E-state index >= 15 is 0 Å². The van der Waals surface area contributed by atoms with E-state index in [9.17, 15) is 0 Å². The van der Waals surface area contributed by atoms with Crippen LogP contribution in [-0.2, 0) is 0 Å². The summed E-state index contributed by atoms with van der Waals surface area (Å²) in [6.45, 7) is 4.10. The number of hydrogen-bond donors (Lipinski definition) is 0. The summed E-state index contributed by atoms with van der Waals surface area (Å²) in [6.07, 6.45) is 0. The normalized spacial score (nSPS) is 10.6. The van der Waals surface area contributed by atoms with E-state index in [0.29, 0.717) is 20.6 Å². The van der Waals surface area contributed by atoms with Gasteiger partial charge in [0.1, 0.15) is 10.3 Å². The van der Waals surface area contributed by atoms with E-state index in [-0.39, 0.29) is 0 Å². The second-order valence-corrected chi connectivity index (χ2v) is 5.25. The van der Waals surface area contributed by atoms with Crippen molar-refractivity contribution < 1.29 is 0 Å². The third-order valence-corrected chi connectivity index (χ3v) is 4.29. The highest BCUT2D eigenvalue weighted by molar-refractivity contribution is 9.10. The predicted octanol–water partition coefficient (Wildman–Crippen LogP) is 4.83. The molecule has 0 radical (unpaired) electrons. The fraction of sp³-hybridized carbons (Fsp3) is 0.167. The molecule has 88 valence electrons. The van der Waals surface area contributed by atoms with E-state index < -0.39 is 0 Å². The van der Waals surface area contributed by atoms with Crippen molar-refractivity contribution in [2.24, 2.45) is 0 Å². The Hall–Kier alpha value is -0.640. The van der Waals surface area contributed by atoms with Crippen molar-refractivity contribution in [3.05, 3.63) is 44.1 Å². The molecule has 0 amide bonds. The summed E-state index contributed by atoms with van der Waals surface area (Å²) >= 11 is 15.1. The van der Waals surface area contributed by atoms with Gasteiger partial charge in [-0.1, -0.05) is 35.3 Å². The largest absolute Gasteiger partial charge is 0.215 e. The molecular formula is C12H9BrCl2N2. The average molecular weight is 332 g/mol. The van der Waals surface area contributed by atoms with Gasteiger partial charge in [-0.3, -0.25) is 0 Å². The molecule has 0 aliphatic carbocycles. The van der Waals surface area contributed by atoms with Gasteiger partial charge in [-0.2, -0.15) is 0 Å². The Morgan fingerprint density at radius 2 is 1.59 bits per heavy atom. The van der Waals surface area contributed by atoms with E-state index in [1.807, 2.05) is 25.1 Å². The highest BCUT2D eigenvalue weighted by Gasteiger charge is 2.10. The maximum atomic E-state index is 5.96. The first-order valence-corrected chi connectivity index (χ1v) is 6.50. The SMILES string of the molecule is Cc1ccc(-c2nc(Cl)c(Br)c(Cl)n2)cc1C. The Kier molecular flexibility index (Phi) is 3.71. The van der Waals surface area contributed by atoms with Gasteiger partial charge in [0, 0.05) is 5.56 Å². The van der Waals surface area contributed by atoms with Gasteiger partial charge in [-0.25, -0.2) is 9.97 Å². The minimum absolute atomic E-state index is 0.318. The van der Waals surface area contributed by atoms with E-state index in [1.54, 1.807) is 0 Å². The van der Waals surface area contributed by atoms with Crippen molar-refractivity contribution >= 4 is 39.1 Å². The Morgan fingerprint density at radius 1 is 1.00 bits per heavy atom. The molecule has 2 aromatic rings. The highest BCUT2D eigenvalue weighted by atomic mass is 79.9. The number of aryl methyl sites for hydroxylation is 2. The van der Waals surface area contributed by atoms with Crippen LogP contribution >= 0.6 is 39.1 Å². The Morgan fingerprint density at radius 3 is 2.12 bits per heavy atom. The number of rotatable bonds is 1. The van der Waals surface area contributed by atoms with E-state index in [0.717, 1.165) is 5.56 Å². The molecule has 0 saturated carbocycles. The standard InChI is InChI=1S/C12H9BrCl2N2/c1-6-3-4-8(5-7(6)2)12-16-10(14)9(13)11(15)17-12/h3-5H,1-2H3. The van der Waals surface area contributed by atoms with Gasteiger partial charge in [0.15, 0.2) is 5.82 Å². The third kappa shape index (κ3) is 2.62. The van der Waals surface area contributed by atoms with Crippen LogP contribution in [0.2, 0.25) is 10.3 Å². The maximum Gasteiger partial charge on any atom is 0.162 e. The number of hydrogen-bond acceptors (Lipinski definition) is 2. The van der Waals surface area contributed by atoms with Crippen LogP contribution in [0.15, 0.2) is 22.7 Å². The molecule has 0 fully saturated rings. The molecule has 17 heavy (non-hydrogen) atoms. The van der Waals surface area contributed by atoms with E-state index in [4.69, 9.17) is 23.2 Å². The summed E-state index contributed by atoms with van der Waals surface area (Å²) < 4.78 is 0.522. The minimum atomic E-state index is 0.318. The lowest BCUT2D eigenvalue weighted by Gasteiger charge is -2.06. The molecule has 0 aliphatic heterocycles. The molecule has 0 bridgehead atoms. The average Bonchev–Trinajstić information content (AvgIpc) is 2.29. The highest BCUT2D eigenvalue weighted by Crippen LogP contribution is 2.30. The lowest BCUT2D eigenvalue weighted by molar-refractivity contribution is 1.16. The van der Waals surface area contributed by atoms with Crippen LogP contribution in [0.5, 0.6) is 0 Å². The van der Waals surface area contributed by atoms with Crippen molar-refractivity contribution in [2.45, 2.75) is 13.8 Å². The third-order valence-electron chi connectivity index (χ3n) is 2.54. The van der Waals surface area contributed by atoms with Gasteiger partial charge < -0.3 is 0 Å². The zero-order valence-corrected chi connectivity index (χ0v) is 12.4. The fourth-order valence-electron chi connectivity index (χ4n) is 1.40. The summed E-state index contributed by atoms with van der Waals surface area (Å²) in [5, 5.41) is 0.636. The molecule has 2 rings (SSSR count). The van der Waals surface area contributed by atoms with Crippen LogP contribution in [0, 0.1) is 13.8 Å². The van der Waals surface area contributed by atoms with Gasteiger partial charge in [0.25, 0.3) is 0 Å². The lowest BCUT2D eigenvalue weighted by atomic mass is 10.1. The number of nitrogens with zero attached hydrogens (tertiary/aromatic N) is 2. The second kappa shape index (κ2) is 4.92. The zero-order valence-electron chi connectivity index (χ0n) is 9.26. The van der Waals surface area contributed by atoms with Gasteiger partial charge in [-0.15, -0.1) is 0 Å². The summed E-state index contributed by atoms with van der Waals surface area (Å²) in [5.41, 5.74) is 3.31. The molecule has 1 heterocycles. The predicted molar refractivity (Wildman–Crippen MR) is 74.7 cm³/mol. The molecule has 1 aromatic carbocycles. The van der Waals surface area contributed by atoms with Crippen LogP contribution in [0.4, 0.5) is 0 Å². The molecule has 0 unspecified atom stereocenters. The molecule has 1 aromatic heterocycles. The molecule has 2 nitrogen and oxygen atoms in total. The van der Waals surface area contributed by atoms with Gasteiger partial charge >= 0.3 is 0 Å². The molecule has 5 heteroatoms. The number of aromatic nitrogens is 2. The smallest absolute Gasteiger partial charge is 0.162 e. The van der Waals surface area contributed by atoms with Gasteiger partial charge in [-0.05, 0) is 47.0 Å². The zero-order chi connectivity index (χ0) is 12.6. The maximum absolute atomic E-state index is 5.96. The van der Waals surface area contributed by atoms with Gasteiger partial charge in [0.05, 0.1) is 4.47 Å². The minimum Gasteiger partial charge on any atom is -0.215 e. The van der Waals surface area contributed by atoms with Crippen LogP contribution in [0.1, 0.15) is 11.1 Å². The van der Waals surface area contributed by atoms with Crippen molar-refractivity contribution in [1.29, 1.82) is 0 Å². The van der Waals surface area contributed by atoms with Crippen LogP contribution < -0.4 is 0 Å². The first kappa shape index (κ1) is 12.8. The number of halogens is 3. The van der Waals surface area contributed by atoms with Crippen LogP contribution in [0.3, 0.4) is 0 Å².